The number of benzene rings is 1. The third kappa shape index (κ3) is 3.88. The second-order valence-electron chi connectivity index (χ2n) is 9.96. The Balaban J connectivity index is 1.94. The molecule has 0 aromatic heterocycles. The molecule has 7 heteroatoms. The van der Waals surface area contributed by atoms with E-state index in [0.717, 1.165) is 32.8 Å². The fraction of sp³-hybridized carbons (Fsp3) is 0.708. The molecule has 31 heavy (non-hydrogen) atoms. The van der Waals surface area contributed by atoms with Crippen LogP contribution in [0.1, 0.15) is 58.4 Å². The normalized spacial score (nSPS) is 32.6. The van der Waals surface area contributed by atoms with E-state index in [1.807, 2.05) is 0 Å². The smallest absolute Gasteiger partial charge is 0.432 e. The maximum absolute atomic E-state index is 14.2. The SMILES string of the molecule is CO[C@@](C(=O)O[C@H]1CCC2C(C)(C)CCC[C@@]2(C)[C@@H]1CO)(c1ccccc1)C(F)(F)F. The average Bonchev–Trinajstić information content (AvgIpc) is 2.68. The van der Waals surface area contributed by atoms with Crippen molar-refractivity contribution in [1.29, 1.82) is 0 Å². The Kier molecular flexibility index (Phi) is 6.51. The van der Waals surface area contributed by atoms with Gasteiger partial charge in [0.25, 0.3) is 5.60 Å². The van der Waals surface area contributed by atoms with Crippen LogP contribution in [0.3, 0.4) is 0 Å². The Hall–Kier alpha value is -1.60. The van der Waals surface area contributed by atoms with Crippen molar-refractivity contribution in [3.8, 4) is 0 Å². The molecule has 4 nitrogen and oxygen atoms in total. The molecule has 0 radical (unpaired) electrons. The van der Waals surface area contributed by atoms with Gasteiger partial charge in [0, 0.05) is 25.2 Å². The van der Waals surface area contributed by atoms with Crippen LogP contribution in [0.15, 0.2) is 30.3 Å². The molecule has 2 aliphatic carbocycles. The molecule has 174 valence electrons. The minimum Gasteiger partial charge on any atom is -0.459 e. The summed E-state index contributed by atoms with van der Waals surface area (Å²) in [6.45, 7) is 6.28. The number of fused-ring (bicyclic) bond motifs is 1. The molecule has 0 heterocycles. The Bertz CT molecular complexity index is 779. The summed E-state index contributed by atoms with van der Waals surface area (Å²) in [6.07, 6.45) is -1.73. The number of carbonyl (C=O) groups is 1. The van der Waals surface area contributed by atoms with Crippen molar-refractivity contribution in [3.05, 3.63) is 35.9 Å². The van der Waals surface area contributed by atoms with Crippen LogP contribution in [-0.4, -0.2) is 37.1 Å². The van der Waals surface area contributed by atoms with E-state index in [0.29, 0.717) is 12.3 Å². The molecule has 1 N–H and O–H groups in total. The van der Waals surface area contributed by atoms with Crippen molar-refractivity contribution in [2.75, 3.05) is 13.7 Å². The highest BCUT2D eigenvalue weighted by Gasteiger charge is 2.65. The molecule has 5 atom stereocenters. The molecule has 3 rings (SSSR count). The number of hydrogen-bond acceptors (Lipinski definition) is 4. The molecule has 1 unspecified atom stereocenters. The fourth-order valence-electron chi connectivity index (χ4n) is 6.36. The third-order valence-corrected chi connectivity index (χ3v) is 7.94. The van der Waals surface area contributed by atoms with Crippen molar-refractivity contribution in [1.82, 2.24) is 0 Å². The first-order valence-corrected chi connectivity index (χ1v) is 10.9. The number of ether oxygens (including phenoxy) is 2. The first kappa shape index (κ1) is 24.1. The number of carbonyl (C=O) groups excluding carboxylic acids is 1. The first-order valence-electron chi connectivity index (χ1n) is 10.9. The predicted octanol–water partition coefficient (Wildman–Crippen LogP) is 5.24. The Morgan fingerprint density at radius 2 is 1.77 bits per heavy atom. The second-order valence-corrected chi connectivity index (χ2v) is 9.96. The number of alkyl halides is 3. The van der Waals surface area contributed by atoms with Gasteiger partial charge in [-0.15, -0.1) is 0 Å². The molecular formula is C24H33F3O4. The number of aliphatic hydroxyl groups excluding tert-OH is 1. The van der Waals surface area contributed by atoms with Crippen LogP contribution in [0.25, 0.3) is 0 Å². The van der Waals surface area contributed by atoms with E-state index in [4.69, 9.17) is 9.47 Å². The van der Waals surface area contributed by atoms with Gasteiger partial charge >= 0.3 is 12.1 Å². The fourth-order valence-corrected chi connectivity index (χ4v) is 6.36. The molecule has 1 aromatic rings. The van der Waals surface area contributed by atoms with Crippen LogP contribution in [0, 0.1) is 22.7 Å². The summed E-state index contributed by atoms with van der Waals surface area (Å²) in [5, 5.41) is 10.2. The minimum absolute atomic E-state index is 0.0711. The molecular weight excluding hydrogens is 409 g/mol. The lowest BCUT2D eigenvalue weighted by molar-refractivity contribution is -0.281. The summed E-state index contributed by atoms with van der Waals surface area (Å²) in [7, 11) is 0.868. The van der Waals surface area contributed by atoms with E-state index in [9.17, 15) is 23.1 Å². The predicted molar refractivity (Wildman–Crippen MR) is 110 cm³/mol. The standard InChI is InChI=1S/C24H33F3O4/c1-21(2)13-8-14-22(3)17(15-28)18(11-12-19(21)22)31-20(29)23(30-4,24(25,26)27)16-9-6-5-7-10-16/h5-7,9-10,17-19,28H,8,11-15H2,1-4H3/t17-,18+,19?,22+,23-/m1/s1. The second kappa shape index (κ2) is 8.39. The van der Waals surface area contributed by atoms with Crippen LogP contribution in [-0.2, 0) is 19.9 Å². The van der Waals surface area contributed by atoms with Crippen molar-refractivity contribution in [3.63, 3.8) is 0 Å². The highest BCUT2D eigenvalue weighted by atomic mass is 19.4. The monoisotopic (exact) mass is 442 g/mol. The Morgan fingerprint density at radius 3 is 2.32 bits per heavy atom. The summed E-state index contributed by atoms with van der Waals surface area (Å²) in [4.78, 5) is 13.1. The molecule has 2 fully saturated rings. The largest absolute Gasteiger partial charge is 0.459 e. The van der Waals surface area contributed by atoms with Crippen molar-refractivity contribution >= 4 is 5.97 Å². The maximum Gasteiger partial charge on any atom is 0.432 e. The van der Waals surface area contributed by atoms with E-state index >= 15 is 0 Å². The zero-order valence-corrected chi connectivity index (χ0v) is 18.7. The molecule has 0 bridgehead atoms. The third-order valence-electron chi connectivity index (χ3n) is 7.94. The molecule has 0 amide bonds. The van der Waals surface area contributed by atoms with Crippen LogP contribution >= 0.6 is 0 Å². The molecule has 1 aromatic carbocycles. The van der Waals surface area contributed by atoms with Crippen LogP contribution in [0.5, 0.6) is 0 Å². The van der Waals surface area contributed by atoms with Crippen LogP contribution in [0.4, 0.5) is 13.2 Å². The summed E-state index contributed by atoms with van der Waals surface area (Å²) in [6, 6.07) is 6.84. The van der Waals surface area contributed by atoms with Gasteiger partial charge in [-0.25, -0.2) is 4.79 Å². The van der Waals surface area contributed by atoms with E-state index in [2.05, 4.69) is 20.8 Å². The van der Waals surface area contributed by atoms with Gasteiger partial charge in [0.1, 0.15) is 6.10 Å². The number of halogens is 3. The average molecular weight is 443 g/mol. The summed E-state index contributed by atoms with van der Waals surface area (Å²) in [5.41, 5.74) is -3.77. The zero-order chi connectivity index (χ0) is 23.1. The van der Waals surface area contributed by atoms with Crippen molar-refractivity contribution in [2.45, 2.75) is 70.8 Å². The first-order chi connectivity index (χ1) is 14.4. The number of methoxy groups -OCH3 is 1. The van der Waals surface area contributed by atoms with Crippen molar-refractivity contribution in [2.24, 2.45) is 22.7 Å². The summed E-state index contributed by atoms with van der Waals surface area (Å²) < 4.78 is 53.1. The maximum atomic E-state index is 14.2. The van der Waals surface area contributed by atoms with E-state index in [1.54, 1.807) is 6.07 Å². The lowest BCUT2D eigenvalue weighted by Gasteiger charge is -2.58. The highest BCUT2D eigenvalue weighted by Crippen LogP contribution is 2.60. The number of aliphatic hydroxyl groups is 1. The van der Waals surface area contributed by atoms with Gasteiger partial charge in [0.05, 0.1) is 0 Å². The Labute approximate surface area is 182 Å². The zero-order valence-electron chi connectivity index (χ0n) is 18.7. The molecule has 2 saturated carbocycles. The van der Waals surface area contributed by atoms with Gasteiger partial charge in [0.15, 0.2) is 0 Å². The molecule has 0 saturated heterocycles. The molecule has 0 spiro atoms. The van der Waals surface area contributed by atoms with Crippen molar-refractivity contribution < 1.29 is 32.5 Å². The number of hydrogen-bond donors (Lipinski definition) is 1. The van der Waals surface area contributed by atoms with Gasteiger partial charge in [-0.1, -0.05) is 57.5 Å². The molecule has 0 aliphatic heterocycles. The van der Waals surface area contributed by atoms with Crippen LogP contribution in [0.2, 0.25) is 0 Å². The van der Waals surface area contributed by atoms with Crippen LogP contribution < -0.4 is 0 Å². The quantitative estimate of drug-likeness (QED) is 0.634. The van der Waals surface area contributed by atoms with E-state index in [-0.39, 0.29) is 23.0 Å². The minimum atomic E-state index is -5.01. The highest BCUT2D eigenvalue weighted by molar-refractivity contribution is 5.83. The van der Waals surface area contributed by atoms with Gasteiger partial charge in [-0.05, 0) is 42.4 Å². The summed E-state index contributed by atoms with van der Waals surface area (Å²) >= 11 is 0. The summed E-state index contributed by atoms with van der Waals surface area (Å²) in [5.74, 6) is -1.59. The lowest BCUT2D eigenvalue weighted by Crippen LogP contribution is -2.57. The molecule has 2 aliphatic rings. The lowest BCUT2D eigenvalue weighted by atomic mass is 9.48. The number of rotatable bonds is 5. The Morgan fingerprint density at radius 1 is 1.13 bits per heavy atom. The van der Waals surface area contributed by atoms with E-state index < -0.39 is 29.8 Å². The van der Waals surface area contributed by atoms with Gasteiger partial charge < -0.3 is 14.6 Å². The van der Waals surface area contributed by atoms with Gasteiger partial charge in [0.2, 0.25) is 0 Å². The topological polar surface area (TPSA) is 55.8 Å². The van der Waals surface area contributed by atoms with Gasteiger partial charge in [-0.2, -0.15) is 13.2 Å². The van der Waals surface area contributed by atoms with Gasteiger partial charge in [-0.3, -0.25) is 0 Å². The van der Waals surface area contributed by atoms with E-state index in [1.165, 1.54) is 24.3 Å². The number of esters is 1.